The Kier molecular flexibility index (Phi) is 2.37. The number of nitrogens with zero attached hydrogens (tertiary/aromatic N) is 2. The summed E-state index contributed by atoms with van der Waals surface area (Å²) in [5.41, 5.74) is 0. The monoisotopic (exact) mass is 168 g/mol. The van der Waals surface area contributed by atoms with Gasteiger partial charge in [0.2, 0.25) is 0 Å². The van der Waals surface area contributed by atoms with E-state index >= 15 is 0 Å². The fourth-order valence-electron chi connectivity index (χ4n) is 2.55. The predicted octanol–water partition coefficient (Wildman–Crippen LogP) is 1.38. The molecule has 0 N–H and O–H groups in total. The first-order chi connectivity index (χ1) is 5.75. The molecule has 0 aliphatic carbocycles. The van der Waals surface area contributed by atoms with Crippen LogP contribution in [0.4, 0.5) is 0 Å². The van der Waals surface area contributed by atoms with E-state index in [0.717, 1.165) is 12.0 Å². The highest BCUT2D eigenvalue weighted by Gasteiger charge is 2.29. The first-order valence-electron chi connectivity index (χ1n) is 5.18. The van der Waals surface area contributed by atoms with E-state index in [1.54, 1.807) is 0 Å². The van der Waals surface area contributed by atoms with Crippen molar-refractivity contribution >= 4 is 0 Å². The molecule has 0 aromatic rings. The Morgan fingerprint density at radius 2 is 2.00 bits per heavy atom. The minimum absolute atomic E-state index is 0.914. The average molecular weight is 168 g/mol. The molecule has 0 aromatic carbocycles. The lowest BCUT2D eigenvalue weighted by atomic mass is 9.91. The molecule has 2 unspecified atom stereocenters. The van der Waals surface area contributed by atoms with E-state index in [4.69, 9.17) is 0 Å². The van der Waals surface area contributed by atoms with Gasteiger partial charge in [-0.25, -0.2) is 0 Å². The lowest BCUT2D eigenvalue weighted by molar-refractivity contribution is 0.0136. The summed E-state index contributed by atoms with van der Waals surface area (Å²) < 4.78 is 0. The van der Waals surface area contributed by atoms with Gasteiger partial charge in [-0.15, -0.1) is 0 Å². The fourth-order valence-corrected chi connectivity index (χ4v) is 2.55. The quantitative estimate of drug-likeness (QED) is 0.539. The lowest BCUT2D eigenvalue weighted by Gasteiger charge is -2.44. The zero-order chi connectivity index (χ0) is 8.55. The SMILES string of the molecule is CC1CCC2CCN(C)CN2C1. The number of fused-ring (bicyclic) bond motifs is 1. The molecule has 2 atom stereocenters. The molecular formula is C10H20N2. The summed E-state index contributed by atoms with van der Waals surface area (Å²) in [6, 6.07) is 0.914. The first-order valence-corrected chi connectivity index (χ1v) is 5.18. The summed E-state index contributed by atoms with van der Waals surface area (Å²) in [4.78, 5) is 5.10. The van der Waals surface area contributed by atoms with Gasteiger partial charge in [-0.3, -0.25) is 9.80 Å². The Morgan fingerprint density at radius 1 is 1.17 bits per heavy atom. The minimum Gasteiger partial charge on any atom is -0.293 e. The molecule has 2 nitrogen and oxygen atoms in total. The Hall–Kier alpha value is -0.0800. The number of rotatable bonds is 0. The van der Waals surface area contributed by atoms with Crippen molar-refractivity contribution in [1.82, 2.24) is 9.80 Å². The van der Waals surface area contributed by atoms with Crippen LogP contribution in [0.5, 0.6) is 0 Å². The Balaban J connectivity index is 1.94. The molecule has 0 aromatic heterocycles. The van der Waals surface area contributed by atoms with Gasteiger partial charge in [-0.1, -0.05) is 6.92 Å². The van der Waals surface area contributed by atoms with Crippen LogP contribution in [0.3, 0.4) is 0 Å². The molecule has 12 heavy (non-hydrogen) atoms. The van der Waals surface area contributed by atoms with Crippen LogP contribution in [-0.4, -0.2) is 42.6 Å². The first kappa shape index (κ1) is 8.52. The molecule has 2 aliphatic rings. The topological polar surface area (TPSA) is 6.48 Å². The van der Waals surface area contributed by atoms with Gasteiger partial charge in [0.1, 0.15) is 0 Å². The molecule has 2 heterocycles. The highest BCUT2D eigenvalue weighted by Crippen LogP contribution is 2.26. The third-order valence-corrected chi connectivity index (χ3v) is 3.32. The van der Waals surface area contributed by atoms with Crippen LogP contribution in [-0.2, 0) is 0 Å². The molecule has 2 saturated heterocycles. The van der Waals surface area contributed by atoms with Gasteiger partial charge < -0.3 is 0 Å². The van der Waals surface area contributed by atoms with Crippen LogP contribution in [0.15, 0.2) is 0 Å². The summed E-state index contributed by atoms with van der Waals surface area (Å²) in [6.45, 7) is 6.21. The van der Waals surface area contributed by atoms with Crippen molar-refractivity contribution < 1.29 is 0 Å². The highest BCUT2D eigenvalue weighted by atomic mass is 15.3. The molecule has 0 spiro atoms. The molecule has 70 valence electrons. The highest BCUT2D eigenvalue weighted by molar-refractivity contribution is 4.83. The van der Waals surface area contributed by atoms with Gasteiger partial charge >= 0.3 is 0 Å². The van der Waals surface area contributed by atoms with Crippen LogP contribution in [0.25, 0.3) is 0 Å². The predicted molar refractivity (Wildman–Crippen MR) is 51.0 cm³/mol. The zero-order valence-electron chi connectivity index (χ0n) is 8.29. The molecule has 0 saturated carbocycles. The average Bonchev–Trinajstić information content (AvgIpc) is 2.03. The summed E-state index contributed by atoms with van der Waals surface area (Å²) in [5.74, 6) is 0.924. The van der Waals surface area contributed by atoms with Crippen molar-refractivity contribution in [2.75, 3.05) is 26.8 Å². The molecular weight excluding hydrogens is 148 g/mol. The van der Waals surface area contributed by atoms with Gasteiger partial charge in [0.15, 0.2) is 0 Å². The summed E-state index contributed by atoms with van der Waals surface area (Å²) in [5, 5.41) is 0. The second-order valence-corrected chi connectivity index (χ2v) is 4.62. The van der Waals surface area contributed by atoms with Gasteiger partial charge in [0, 0.05) is 19.1 Å². The third kappa shape index (κ3) is 1.64. The van der Waals surface area contributed by atoms with Crippen LogP contribution in [0.2, 0.25) is 0 Å². The summed E-state index contributed by atoms with van der Waals surface area (Å²) >= 11 is 0. The molecule has 2 rings (SSSR count). The van der Waals surface area contributed by atoms with E-state index in [9.17, 15) is 0 Å². The van der Waals surface area contributed by atoms with E-state index < -0.39 is 0 Å². The van der Waals surface area contributed by atoms with Crippen molar-refractivity contribution in [2.45, 2.75) is 32.2 Å². The maximum Gasteiger partial charge on any atom is 0.0506 e. The Bertz CT molecular complexity index is 142. The number of piperidine rings is 1. The van der Waals surface area contributed by atoms with Crippen molar-refractivity contribution in [3.63, 3.8) is 0 Å². The van der Waals surface area contributed by atoms with Crippen molar-refractivity contribution in [3.8, 4) is 0 Å². The largest absolute Gasteiger partial charge is 0.293 e. The van der Waals surface area contributed by atoms with Gasteiger partial charge in [-0.05, 0) is 32.2 Å². The van der Waals surface area contributed by atoms with Crippen molar-refractivity contribution in [1.29, 1.82) is 0 Å². The van der Waals surface area contributed by atoms with Gasteiger partial charge in [0.05, 0.1) is 6.67 Å². The third-order valence-electron chi connectivity index (χ3n) is 3.32. The van der Waals surface area contributed by atoms with E-state index in [1.807, 2.05) is 0 Å². The van der Waals surface area contributed by atoms with E-state index in [2.05, 4.69) is 23.8 Å². The van der Waals surface area contributed by atoms with Crippen molar-refractivity contribution in [2.24, 2.45) is 5.92 Å². The van der Waals surface area contributed by atoms with Crippen LogP contribution in [0, 0.1) is 5.92 Å². The number of hydrogen-bond acceptors (Lipinski definition) is 2. The molecule has 0 bridgehead atoms. The lowest BCUT2D eigenvalue weighted by Crippen LogP contribution is -2.52. The second kappa shape index (κ2) is 3.35. The van der Waals surface area contributed by atoms with Crippen molar-refractivity contribution in [3.05, 3.63) is 0 Å². The Morgan fingerprint density at radius 3 is 2.83 bits per heavy atom. The Labute approximate surface area is 75.5 Å². The molecule has 0 amide bonds. The maximum absolute atomic E-state index is 2.66. The fraction of sp³-hybridized carbons (Fsp3) is 1.00. The van der Waals surface area contributed by atoms with Crippen LogP contribution < -0.4 is 0 Å². The minimum atomic E-state index is 0.914. The molecule has 2 fully saturated rings. The maximum atomic E-state index is 2.66. The summed E-state index contributed by atoms with van der Waals surface area (Å²) in [7, 11) is 2.23. The normalized spacial score (nSPS) is 39.5. The van der Waals surface area contributed by atoms with E-state index in [0.29, 0.717) is 0 Å². The van der Waals surface area contributed by atoms with Crippen LogP contribution in [0.1, 0.15) is 26.2 Å². The van der Waals surface area contributed by atoms with E-state index in [1.165, 1.54) is 39.0 Å². The molecule has 2 aliphatic heterocycles. The zero-order valence-corrected chi connectivity index (χ0v) is 8.29. The van der Waals surface area contributed by atoms with Gasteiger partial charge in [0.25, 0.3) is 0 Å². The van der Waals surface area contributed by atoms with Crippen LogP contribution >= 0.6 is 0 Å². The molecule has 0 radical (unpaired) electrons. The smallest absolute Gasteiger partial charge is 0.0506 e. The standard InChI is InChI=1S/C10H20N2/c1-9-3-4-10-5-6-11(2)8-12(10)7-9/h9-10H,3-8H2,1-2H3. The van der Waals surface area contributed by atoms with Gasteiger partial charge in [-0.2, -0.15) is 0 Å². The summed E-state index contributed by atoms with van der Waals surface area (Å²) in [6.07, 6.45) is 4.28. The molecule has 2 heteroatoms. The number of hydrogen-bond donors (Lipinski definition) is 0. The van der Waals surface area contributed by atoms with E-state index in [-0.39, 0.29) is 0 Å². The second-order valence-electron chi connectivity index (χ2n) is 4.62.